The molecule has 6 nitrogen and oxygen atoms in total. The highest BCUT2D eigenvalue weighted by Gasteiger charge is 2.35. The molecule has 2 aliphatic rings. The molecule has 1 N–H and O–H groups in total. The van der Waals surface area contributed by atoms with Crippen LogP contribution >= 0.6 is 0 Å². The smallest absolute Gasteiger partial charge is 0.150 e. The van der Waals surface area contributed by atoms with Gasteiger partial charge in [0, 0.05) is 37.7 Å². The Morgan fingerprint density at radius 2 is 2.21 bits per heavy atom. The lowest BCUT2D eigenvalue weighted by atomic mass is 9.90. The van der Waals surface area contributed by atoms with E-state index in [9.17, 15) is 0 Å². The van der Waals surface area contributed by atoms with Gasteiger partial charge in [-0.15, -0.1) is 0 Å². The van der Waals surface area contributed by atoms with Crippen molar-refractivity contribution in [2.24, 2.45) is 0 Å². The van der Waals surface area contributed by atoms with Crippen LogP contribution in [0.2, 0.25) is 0 Å². The van der Waals surface area contributed by atoms with Gasteiger partial charge in [-0.05, 0) is 30.5 Å². The first kappa shape index (κ1) is 15.5. The number of aromatic nitrogens is 3. The van der Waals surface area contributed by atoms with E-state index in [1.54, 1.807) is 6.20 Å². The Morgan fingerprint density at radius 1 is 1.25 bits per heavy atom. The van der Waals surface area contributed by atoms with Crippen LogP contribution in [0.15, 0.2) is 36.8 Å². The molecule has 3 heterocycles. The molecule has 1 aliphatic carbocycles. The van der Waals surface area contributed by atoms with E-state index in [1.807, 2.05) is 24.5 Å². The third-order valence-corrected chi connectivity index (χ3v) is 4.88. The van der Waals surface area contributed by atoms with Crippen molar-refractivity contribution < 1.29 is 4.74 Å². The predicted molar refractivity (Wildman–Crippen MR) is 91.5 cm³/mol. The van der Waals surface area contributed by atoms with Crippen LogP contribution in [0, 0.1) is 0 Å². The second-order valence-corrected chi connectivity index (χ2v) is 6.43. The molecule has 0 aromatic carbocycles. The van der Waals surface area contributed by atoms with Crippen molar-refractivity contribution in [1.29, 1.82) is 0 Å². The highest BCUT2D eigenvalue weighted by Crippen LogP contribution is 2.33. The molecule has 1 saturated carbocycles. The molecule has 0 bridgehead atoms. The van der Waals surface area contributed by atoms with E-state index in [0.717, 1.165) is 30.4 Å². The Hall–Kier alpha value is -2.05. The van der Waals surface area contributed by atoms with Crippen LogP contribution in [-0.4, -0.2) is 45.7 Å². The normalized spacial score (nSPS) is 22.1. The summed E-state index contributed by atoms with van der Waals surface area (Å²) in [7, 11) is 0. The molecule has 1 atom stereocenters. The molecular formula is C18H23N5O. The monoisotopic (exact) mass is 325 g/mol. The summed E-state index contributed by atoms with van der Waals surface area (Å²) in [6.07, 6.45) is 9.39. The molecule has 6 heteroatoms. The second kappa shape index (κ2) is 7.23. The van der Waals surface area contributed by atoms with Gasteiger partial charge in [-0.2, -0.15) is 0 Å². The van der Waals surface area contributed by atoms with E-state index in [0.29, 0.717) is 19.2 Å². The maximum atomic E-state index is 5.70. The predicted octanol–water partition coefficient (Wildman–Crippen LogP) is 2.41. The summed E-state index contributed by atoms with van der Waals surface area (Å²) >= 11 is 0. The minimum Gasteiger partial charge on any atom is -0.378 e. The van der Waals surface area contributed by atoms with Gasteiger partial charge in [0.05, 0.1) is 19.3 Å². The van der Waals surface area contributed by atoms with Crippen LogP contribution in [0.1, 0.15) is 36.7 Å². The number of anilines is 1. The van der Waals surface area contributed by atoms with Crippen molar-refractivity contribution in [2.75, 3.05) is 25.1 Å². The Bertz CT molecular complexity index is 661. The minimum atomic E-state index is 0.171. The van der Waals surface area contributed by atoms with Crippen LogP contribution in [-0.2, 0) is 11.3 Å². The fourth-order valence-corrected chi connectivity index (χ4v) is 3.32. The van der Waals surface area contributed by atoms with Gasteiger partial charge in [0.2, 0.25) is 0 Å². The molecule has 0 spiro atoms. The van der Waals surface area contributed by atoms with Crippen LogP contribution in [0.3, 0.4) is 0 Å². The van der Waals surface area contributed by atoms with Crippen molar-refractivity contribution in [2.45, 2.75) is 37.9 Å². The van der Waals surface area contributed by atoms with Gasteiger partial charge in [0.15, 0.2) is 0 Å². The second-order valence-electron chi connectivity index (χ2n) is 6.43. The van der Waals surface area contributed by atoms with E-state index in [1.165, 1.54) is 19.3 Å². The molecule has 0 radical (unpaired) electrons. The number of pyridine rings is 1. The Kier molecular flexibility index (Phi) is 4.66. The third-order valence-electron chi connectivity index (χ3n) is 4.88. The Balaban J connectivity index is 1.46. The number of hydrogen-bond acceptors (Lipinski definition) is 6. The van der Waals surface area contributed by atoms with Gasteiger partial charge in [-0.1, -0.05) is 12.5 Å². The summed E-state index contributed by atoms with van der Waals surface area (Å²) in [5.74, 6) is 1.71. The van der Waals surface area contributed by atoms with Gasteiger partial charge in [0.1, 0.15) is 11.6 Å². The van der Waals surface area contributed by atoms with Crippen molar-refractivity contribution in [3.05, 3.63) is 48.2 Å². The summed E-state index contributed by atoms with van der Waals surface area (Å²) in [6, 6.07) is 6.75. The minimum absolute atomic E-state index is 0.171. The molecule has 0 amide bonds. The van der Waals surface area contributed by atoms with Gasteiger partial charge in [0.25, 0.3) is 0 Å². The number of nitrogens with zero attached hydrogens (tertiary/aromatic N) is 4. The lowest BCUT2D eigenvalue weighted by Gasteiger charge is -2.44. The number of rotatable bonds is 5. The van der Waals surface area contributed by atoms with Crippen molar-refractivity contribution in [3.63, 3.8) is 0 Å². The summed E-state index contributed by atoms with van der Waals surface area (Å²) in [4.78, 5) is 15.9. The first-order valence-corrected chi connectivity index (χ1v) is 8.69. The molecule has 1 saturated heterocycles. The first-order valence-electron chi connectivity index (χ1n) is 8.69. The van der Waals surface area contributed by atoms with Crippen LogP contribution < -0.4 is 5.32 Å². The molecule has 24 heavy (non-hydrogen) atoms. The lowest BCUT2D eigenvalue weighted by Crippen LogP contribution is -2.49. The van der Waals surface area contributed by atoms with Gasteiger partial charge >= 0.3 is 0 Å². The zero-order valence-corrected chi connectivity index (χ0v) is 13.8. The van der Waals surface area contributed by atoms with E-state index in [4.69, 9.17) is 9.72 Å². The zero-order chi connectivity index (χ0) is 16.2. The van der Waals surface area contributed by atoms with Gasteiger partial charge in [-0.25, -0.2) is 9.97 Å². The first-order chi connectivity index (χ1) is 11.9. The maximum Gasteiger partial charge on any atom is 0.150 e. The Labute approximate surface area is 142 Å². The molecular weight excluding hydrogens is 302 g/mol. The molecule has 2 aromatic heterocycles. The van der Waals surface area contributed by atoms with Gasteiger partial charge < -0.3 is 10.1 Å². The lowest BCUT2D eigenvalue weighted by molar-refractivity contribution is -0.0496. The number of morpholine rings is 1. The van der Waals surface area contributed by atoms with Crippen LogP contribution in [0.4, 0.5) is 5.82 Å². The van der Waals surface area contributed by atoms with Crippen LogP contribution in [0.5, 0.6) is 0 Å². The average Bonchev–Trinajstić information content (AvgIpc) is 2.60. The molecule has 126 valence electrons. The summed E-state index contributed by atoms with van der Waals surface area (Å²) in [5.41, 5.74) is 1.13. The molecule has 2 aromatic rings. The SMILES string of the molecule is c1cncc(CNc2ccnc([C@H]3COCCN3C3CCC3)n2)c1. The fourth-order valence-electron chi connectivity index (χ4n) is 3.32. The Morgan fingerprint density at radius 3 is 3.00 bits per heavy atom. The number of ether oxygens (including phenoxy) is 1. The van der Waals surface area contributed by atoms with E-state index < -0.39 is 0 Å². The number of nitrogens with one attached hydrogen (secondary N) is 1. The third kappa shape index (κ3) is 3.39. The quantitative estimate of drug-likeness (QED) is 0.911. The average molecular weight is 325 g/mol. The molecule has 0 unspecified atom stereocenters. The summed E-state index contributed by atoms with van der Waals surface area (Å²) < 4.78 is 5.70. The largest absolute Gasteiger partial charge is 0.378 e. The van der Waals surface area contributed by atoms with Crippen LogP contribution in [0.25, 0.3) is 0 Å². The molecule has 4 rings (SSSR count). The molecule has 1 aliphatic heterocycles. The number of hydrogen-bond donors (Lipinski definition) is 1. The van der Waals surface area contributed by atoms with Crippen molar-refractivity contribution >= 4 is 5.82 Å². The zero-order valence-electron chi connectivity index (χ0n) is 13.8. The summed E-state index contributed by atoms with van der Waals surface area (Å²) in [6.45, 7) is 3.18. The van der Waals surface area contributed by atoms with Gasteiger partial charge in [-0.3, -0.25) is 9.88 Å². The standard InChI is InChI=1S/C18H23N5O/c1-4-15(5-1)23-9-10-24-13-16(23)18-20-8-6-17(22-18)21-12-14-3-2-7-19-11-14/h2-3,6-8,11,15-16H,1,4-5,9-10,12-13H2,(H,20,21,22)/t16-/m1/s1. The van der Waals surface area contributed by atoms with Crippen molar-refractivity contribution in [3.8, 4) is 0 Å². The highest BCUT2D eigenvalue weighted by atomic mass is 16.5. The maximum absolute atomic E-state index is 5.70. The molecule has 2 fully saturated rings. The van der Waals surface area contributed by atoms with E-state index in [-0.39, 0.29) is 6.04 Å². The topological polar surface area (TPSA) is 63.2 Å². The van der Waals surface area contributed by atoms with E-state index in [2.05, 4.69) is 26.3 Å². The van der Waals surface area contributed by atoms with Crippen molar-refractivity contribution in [1.82, 2.24) is 19.9 Å². The highest BCUT2D eigenvalue weighted by molar-refractivity contribution is 5.34. The summed E-state index contributed by atoms with van der Waals surface area (Å²) in [5, 5.41) is 3.36. The fraction of sp³-hybridized carbons (Fsp3) is 0.500. The van der Waals surface area contributed by atoms with E-state index >= 15 is 0 Å².